The number of aromatic amines is 1. The average molecular weight is 412 g/mol. The molecule has 3 aromatic carbocycles. The number of allylic oxidation sites excluding steroid dienone is 1. The number of nitrogens with zero attached hydrogens (tertiary/aromatic N) is 1. The molecule has 0 bridgehead atoms. The standard InChI is InChI=1S/C26H21FN2O2/c1-2-22(18-6-4-3-5-7-18)25(20-12-13-24-21(15-20)16-28-29-24)19-10-8-17(9-11-19)14-23(27)26(30)31/h3-16H,2H2,1H3,(H,28,29)(H,30,31)/b23-14-,25-22+. The summed E-state index contributed by atoms with van der Waals surface area (Å²) in [4.78, 5) is 10.8. The summed E-state index contributed by atoms with van der Waals surface area (Å²) >= 11 is 0. The van der Waals surface area contributed by atoms with Gasteiger partial charge in [-0.25, -0.2) is 4.79 Å². The maximum Gasteiger partial charge on any atom is 0.364 e. The molecule has 154 valence electrons. The zero-order chi connectivity index (χ0) is 21.8. The Bertz CT molecular complexity index is 1290. The van der Waals surface area contributed by atoms with E-state index in [9.17, 15) is 9.18 Å². The molecule has 4 aromatic rings. The second kappa shape index (κ2) is 8.79. The van der Waals surface area contributed by atoms with Crippen LogP contribution in [0.1, 0.15) is 35.6 Å². The van der Waals surface area contributed by atoms with Gasteiger partial charge in [0.1, 0.15) is 0 Å². The Hall–Kier alpha value is -3.99. The fourth-order valence-corrected chi connectivity index (χ4v) is 3.73. The average Bonchev–Trinajstić information content (AvgIpc) is 3.26. The number of benzene rings is 3. The first kappa shape index (κ1) is 20.3. The van der Waals surface area contributed by atoms with Crippen molar-refractivity contribution in [1.29, 1.82) is 0 Å². The van der Waals surface area contributed by atoms with Gasteiger partial charge in [0.25, 0.3) is 0 Å². The van der Waals surface area contributed by atoms with Crippen molar-refractivity contribution in [1.82, 2.24) is 10.2 Å². The highest BCUT2D eigenvalue weighted by atomic mass is 19.1. The van der Waals surface area contributed by atoms with Gasteiger partial charge in [0.05, 0.1) is 11.7 Å². The Morgan fingerprint density at radius 1 is 1.00 bits per heavy atom. The number of aliphatic carboxylic acids is 1. The molecule has 1 aromatic heterocycles. The van der Waals surface area contributed by atoms with Crippen molar-refractivity contribution in [2.75, 3.05) is 0 Å². The number of hydrogen-bond donors (Lipinski definition) is 2. The number of rotatable bonds is 6. The molecule has 0 spiro atoms. The van der Waals surface area contributed by atoms with Crippen LogP contribution in [0.2, 0.25) is 0 Å². The van der Waals surface area contributed by atoms with Crippen molar-refractivity contribution < 1.29 is 14.3 Å². The number of halogens is 1. The SMILES string of the molecule is CC/C(=C(/c1ccc(/C=C(\F)C(=O)O)cc1)c1ccc2[nH]ncc2c1)c1ccccc1. The van der Waals surface area contributed by atoms with Crippen molar-refractivity contribution in [3.8, 4) is 0 Å². The lowest BCUT2D eigenvalue weighted by atomic mass is 9.87. The molecule has 0 amide bonds. The molecular weight excluding hydrogens is 391 g/mol. The predicted octanol–water partition coefficient (Wildman–Crippen LogP) is 6.33. The van der Waals surface area contributed by atoms with Crippen LogP contribution in [0.4, 0.5) is 4.39 Å². The summed E-state index contributed by atoms with van der Waals surface area (Å²) in [6.07, 6.45) is 3.64. The highest BCUT2D eigenvalue weighted by molar-refractivity contribution is 6.00. The van der Waals surface area contributed by atoms with Crippen LogP contribution in [0.5, 0.6) is 0 Å². The monoisotopic (exact) mass is 412 g/mol. The number of H-pyrrole nitrogens is 1. The maximum atomic E-state index is 13.5. The molecular formula is C26H21FN2O2. The Balaban J connectivity index is 1.89. The maximum absolute atomic E-state index is 13.5. The van der Waals surface area contributed by atoms with Gasteiger partial charge in [-0.1, -0.05) is 67.6 Å². The van der Waals surface area contributed by atoms with Crippen molar-refractivity contribution in [3.05, 3.63) is 107 Å². The highest BCUT2D eigenvalue weighted by Gasteiger charge is 2.14. The van der Waals surface area contributed by atoms with Crippen LogP contribution < -0.4 is 0 Å². The third kappa shape index (κ3) is 4.31. The minimum atomic E-state index is -1.57. The lowest BCUT2D eigenvalue weighted by molar-refractivity contribution is -0.134. The quantitative estimate of drug-likeness (QED) is 0.287. The summed E-state index contributed by atoms with van der Waals surface area (Å²) < 4.78 is 13.5. The molecule has 0 radical (unpaired) electrons. The van der Waals surface area contributed by atoms with Crippen molar-refractivity contribution in [2.24, 2.45) is 0 Å². The number of aromatic nitrogens is 2. The zero-order valence-electron chi connectivity index (χ0n) is 17.0. The molecule has 0 aliphatic heterocycles. The minimum absolute atomic E-state index is 0.492. The summed E-state index contributed by atoms with van der Waals surface area (Å²) in [5, 5.41) is 16.9. The van der Waals surface area contributed by atoms with E-state index >= 15 is 0 Å². The van der Waals surface area contributed by atoms with E-state index in [-0.39, 0.29) is 0 Å². The normalized spacial score (nSPS) is 12.6. The molecule has 0 unspecified atom stereocenters. The largest absolute Gasteiger partial charge is 0.476 e. The van der Waals surface area contributed by atoms with Gasteiger partial charge in [-0.3, -0.25) is 5.10 Å². The molecule has 0 atom stereocenters. The Morgan fingerprint density at radius 3 is 2.39 bits per heavy atom. The summed E-state index contributed by atoms with van der Waals surface area (Å²) in [5.41, 5.74) is 6.87. The minimum Gasteiger partial charge on any atom is -0.476 e. The summed E-state index contributed by atoms with van der Waals surface area (Å²) in [7, 11) is 0. The van der Waals surface area contributed by atoms with E-state index in [1.807, 2.05) is 36.4 Å². The van der Waals surface area contributed by atoms with E-state index < -0.39 is 11.8 Å². The van der Waals surface area contributed by atoms with Gasteiger partial charge >= 0.3 is 5.97 Å². The first-order valence-corrected chi connectivity index (χ1v) is 10.00. The van der Waals surface area contributed by atoms with E-state index in [0.29, 0.717) is 5.56 Å². The smallest absolute Gasteiger partial charge is 0.364 e. The molecule has 31 heavy (non-hydrogen) atoms. The molecule has 4 nitrogen and oxygen atoms in total. The van der Waals surface area contributed by atoms with E-state index in [4.69, 9.17) is 5.11 Å². The number of carbonyl (C=O) groups is 1. The van der Waals surface area contributed by atoms with E-state index in [0.717, 1.165) is 45.7 Å². The number of hydrogen-bond acceptors (Lipinski definition) is 2. The topological polar surface area (TPSA) is 66.0 Å². The van der Waals surface area contributed by atoms with Gasteiger partial charge in [0.2, 0.25) is 5.83 Å². The number of carboxylic acid groups (broad SMARTS) is 1. The van der Waals surface area contributed by atoms with Crippen LogP contribution in [-0.2, 0) is 4.79 Å². The zero-order valence-corrected chi connectivity index (χ0v) is 17.0. The highest BCUT2D eigenvalue weighted by Crippen LogP contribution is 2.35. The lowest BCUT2D eigenvalue weighted by Crippen LogP contribution is -1.96. The third-order valence-electron chi connectivity index (χ3n) is 5.20. The lowest BCUT2D eigenvalue weighted by Gasteiger charge is -2.17. The second-order valence-electron chi connectivity index (χ2n) is 7.16. The van der Waals surface area contributed by atoms with Gasteiger partial charge in [-0.05, 0) is 58.0 Å². The molecule has 1 heterocycles. The van der Waals surface area contributed by atoms with Crippen molar-refractivity contribution in [3.63, 3.8) is 0 Å². The molecule has 0 fully saturated rings. The van der Waals surface area contributed by atoms with Crippen LogP contribution in [-0.4, -0.2) is 21.3 Å². The number of carboxylic acids is 1. The molecule has 5 heteroatoms. The van der Waals surface area contributed by atoms with Gasteiger partial charge in [0.15, 0.2) is 0 Å². The summed E-state index contributed by atoms with van der Waals surface area (Å²) in [6.45, 7) is 2.12. The van der Waals surface area contributed by atoms with E-state index in [2.05, 4.69) is 41.4 Å². The Labute approximate surface area is 179 Å². The van der Waals surface area contributed by atoms with Crippen molar-refractivity contribution >= 4 is 34.1 Å². The van der Waals surface area contributed by atoms with Gasteiger partial charge in [-0.15, -0.1) is 0 Å². The third-order valence-corrected chi connectivity index (χ3v) is 5.20. The summed E-state index contributed by atoms with van der Waals surface area (Å²) in [6, 6.07) is 23.6. The summed E-state index contributed by atoms with van der Waals surface area (Å²) in [5.74, 6) is -2.76. The predicted molar refractivity (Wildman–Crippen MR) is 122 cm³/mol. The van der Waals surface area contributed by atoms with Gasteiger partial charge in [-0.2, -0.15) is 9.49 Å². The van der Waals surface area contributed by atoms with Gasteiger partial charge < -0.3 is 5.11 Å². The van der Waals surface area contributed by atoms with Crippen LogP contribution >= 0.6 is 0 Å². The van der Waals surface area contributed by atoms with Crippen molar-refractivity contribution in [2.45, 2.75) is 13.3 Å². The fraction of sp³-hybridized carbons (Fsp3) is 0.0769. The van der Waals surface area contributed by atoms with Crippen LogP contribution in [0, 0.1) is 0 Å². The number of nitrogens with one attached hydrogen (secondary N) is 1. The Morgan fingerprint density at radius 2 is 1.71 bits per heavy atom. The second-order valence-corrected chi connectivity index (χ2v) is 7.16. The van der Waals surface area contributed by atoms with Crippen LogP contribution in [0.25, 0.3) is 28.1 Å². The van der Waals surface area contributed by atoms with Crippen LogP contribution in [0.15, 0.2) is 84.8 Å². The molecule has 0 aliphatic rings. The van der Waals surface area contributed by atoms with E-state index in [1.54, 1.807) is 18.3 Å². The molecule has 0 saturated heterocycles. The van der Waals surface area contributed by atoms with E-state index in [1.165, 1.54) is 5.57 Å². The molecule has 2 N–H and O–H groups in total. The molecule has 0 saturated carbocycles. The first-order valence-electron chi connectivity index (χ1n) is 10.00. The Kier molecular flexibility index (Phi) is 5.76. The fourth-order valence-electron chi connectivity index (χ4n) is 3.73. The van der Waals surface area contributed by atoms with Crippen LogP contribution in [0.3, 0.4) is 0 Å². The molecule has 4 rings (SSSR count). The van der Waals surface area contributed by atoms with Gasteiger partial charge in [0, 0.05) is 5.39 Å². The first-order chi connectivity index (χ1) is 15.1. The number of fused-ring (bicyclic) bond motifs is 1. The molecule has 0 aliphatic carbocycles.